The van der Waals surface area contributed by atoms with Crippen LogP contribution in [0.25, 0.3) is 33.4 Å². The van der Waals surface area contributed by atoms with Crippen LogP contribution < -0.4 is 10.6 Å². The monoisotopic (exact) mass is 690 g/mol. The predicted molar refractivity (Wildman–Crippen MR) is 196 cm³/mol. The van der Waals surface area contributed by atoms with Crippen LogP contribution in [0.5, 0.6) is 11.5 Å². The average Bonchev–Trinajstić information content (AvgIpc) is 3.92. The van der Waals surface area contributed by atoms with E-state index in [1.54, 1.807) is 12.1 Å². The van der Waals surface area contributed by atoms with Crippen LogP contribution in [0.15, 0.2) is 72.8 Å². The molecule has 0 aliphatic heterocycles. The second kappa shape index (κ2) is 11.4. The van der Waals surface area contributed by atoms with E-state index in [-0.39, 0.29) is 60.2 Å². The lowest BCUT2D eigenvalue weighted by Crippen LogP contribution is -2.17. The summed E-state index contributed by atoms with van der Waals surface area (Å²) in [6.45, 7) is 13.2. The number of ether oxygens (including phenoxy) is 1. The average molecular weight is 691 g/mol. The van der Waals surface area contributed by atoms with Gasteiger partial charge in [-0.1, -0.05) is 53.7 Å². The SMILES string of the molecule is CC(C)(C)c1ccc(O)c(-n2n3c4ccc(NC(=O)CCOCCC(=O)Nc5ccc6c(c5)n5n(-c7cc(C(C)(C)C)ccc7O)n65)cc4n23)c1. The molecule has 264 valence electrons. The summed E-state index contributed by atoms with van der Waals surface area (Å²) in [4.78, 5) is 29.1. The van der Waals surface area contributed by atoms with Crippen molar-refractivity contribution in [2.45, 2.75) is 65.2 Å². The first-order chi connectivity index (χ1) is 24.2. The molecular formula is C38H42N8O5. The molecule has 0 radical (unpaired) electrons. The Morgan fingerprint density at radius 1 is 0.569 bits per heavy atom. The van der Waals surface area contributed by atoms with Gasteiger partial charge in [-0.25, -0.2) is 0 Å². The second-order valence-corrected chi connectivity index (χ2v) is 15.3. The first-order valence-electron chi connectivity index (χ1n) is 17.1. The van der Waals surface area contributed by atoms with E-state index in [1.165, 1.54) is 0 Å². The molecule has 4 N–H and O–H groups in total. The Bertz CT molecular complexity index is 2380. The molecule has 0 aliphatic carbocycles. The number of nitrogens with one attached hydrogen (secondary N) is 2. The van der Waals surface area contributed by atoms with E-state index in [2.05, 4.69) is 52.2 Å². The molecule has 0 saturated heterocycles. The number of amides is 2. The van der Waals surface area contributed by atoms with Gasteiger partial charge < -0.3 is 25.6 Å². The third-order valence-electron chi connectivity index (χ3n) is 9.46. The lowest BCUT2D eigenvalue weighted by atomic mass is 9.87. The molecule has 13 heteroatoms. The molecule has 0 bridgehead atoms. The van der Waals surface area contributed by atoms with Crippen LogP contribution in [0.4, 0.5) is 11.4 Å². The minimum absolute atomic E-state index is 0.0551. The maximum absolute atomic E-state index is 12.6. The van der Waals surface area contributed by atoms with Gasteiger partial charge in [0.05, 0.1) is 26.1 Å². The highest BCUT2D eigenvalue weighted by atomic mass is 16.5. The van der Waals surface area contributed by atoms with Gasteiger partial charge >= 0.3 is 0 Å². The number of nitrogens with zero attached hydrogens (tertiary/aromatic N) is 6. The van der Waals surface area contributed by atoms with Crippen LogP contribution in [0.1, 0.15) is 65.5 Å². The number of carbonyl (C=O) groups excluding carboxylic acids is 2. The fourth-order valence-electron chi connectivity index (χ4n) is 6.43. The summed E-state index contributed by atoms with van der Waals surface area (Å²) in [5, 5.41) is 26.9. The molecule has 4 heterocycles. The highest BCUT2D eigenvalue weighted by Crippen LogP contribution is 2.36. The zero-order valence-corrected chi connectivity index (χ0v) is 29.6. The molecule has 0 saturated carbocycles. The van der Waals surface area contributed by atoms with E-state index in [4.69, 9.17) is 4.74 Å². The van der Waals surface area contributed by atoms with Crippen LogP contribution in [0.2, 0.25) is 0 Å². The van der Waals surface area contributed by atoms with Crippen LogP contribution in [-0.2, 0) is 25.2 Å². The van der Waals surface area contributed by atoms with E-state index in [0.29, 0.717) is 22.7 Å². The van der Waals surface area contributed by atoms with Gasteiger partial charge in [-0.15, -0.1) is 28.1 Å². The summed E-state index contributed by atoms with van der Waals surface area (Å²) in [7, 11) is 0. The maximum Gasteiger partial charge on any atom is 0.226 e. The lowest BCUT2D eigenvalue weighted by Gasteiger charge is -2.19. The van der Waals surface area contributed by atoms with Crippen LogP contribution in [-0.4, -0.2) is 63.4 Å². The summed E-state index contributed by atoms with van der Waals surface area (Å²) >= 11 is 0. The van der Waals surface area contributed by atoms with Crippen molar-refractivity contribution in [2.24, 2.45) is 0 Å². The molecule has 2 amide bonds. The van der Waals surface area contributed by atoms with Gasteiger partial charge in [-0.3, -0.25) is 9.59 Å². The maximum atomic E-state index is 12.6. The smallest absolute Gasteiger partial charge is 0.226 e. The number of phenols is 2. The first-order valence-corrected chi connectivity index (χ1v) is 17.1. The summed E-state index contributed by atoms with van der Waals surface area (Å²) in [6.07, 6.45) is 0.298. The van der Waals surface area contributed by atoms with E-state index < -0.39 is 0 Å². The molecule has 4 aromatic carbocycles. The van der Waals surface area contributed by atoms with Crippen molar-refractivity contribution in [3.8, 4) is 22.9 Å². The van der Waals surface area contributed by atoms with E-state index in [0.717, 1.165) is 33.2 Å². The van der Waals surface area contributed by atoms with Crippen LogP contribution in [0, 0.1) is 0 Å². The molecule has 4 aromatic heterocycles. The highest BCUT2D eigenvalue weighted by Gasteiger charge is 2.29. The molecule has 0 aliphatic rings. The van der Waals surface area contributed by atoms with Gasteiger partial charge in [0.1, 0.15) is 44.9 Å². The highest BCUT2D eigenvalue weighted by molar-refractivity contribution is 5.95. The van der Waals surface area contributed by atoms with Crippen molar-refractivity contribution in [2.75, 3.05) is 23.8 Å². The summed E-state index contributed by atoms with van der Waals surface area (Å²) in [5.74, 6) is 0.0191. The van der Waals surface area contributed by atoms with Gasteiger partial charge in [0.25, 0.3) is 0 Å². The van der Waals surface area contributed by atoms with Crippen molar-refractivity contribution < 1.29 is 24.5 Å². The third kappa shape index (κ3) is 5.63. The Balaban J connectivity index is 0.813. The number of benzene rings is 4. The molecule has 51 heavy (non-hydrogen) atoms. The number of fused-ring (bicyclic) bond motifs is 8. The standard InChI is InChI=1S/C38H42N8O5/c1-37(2,3)23-7-13-33(47)31(19-23)45-41-27-11-9-25(21-29(27)43(41)45)39-35(49)15-17-51-18-16-36(50)40-26-10-12-28-30(22-26)44-42(28)46(44)32-20-24(38(4,5)6)8-14-34(32)48/h7-14,19-22,47-48H,15-18H2,1-6H3,(H,39,49)(H,40,50). The van der Waals surface area contributed by atoms with Gasteiger partial charge in [0, 0.05) is 11.4 Å². The topological polar surface area (TPSA) is 135 Å². The van der Waals surface area contributed by atoms with E-state index in [9.17, 15) is 19.8 Å². The Morgan fingerprint density at radius 2 is 0.961 bits per heavy atom. The Labute approximate surface area is 293 Å². The molecule has 13 nitrogen and oxygen atoms in total. The molecule has 0 fully saturated rings. The zero-order chi connectivity index (χ0) is 36.0. The molecule has 8 aromatic rings. The number of phenolic OH excluding ortho intramolecular Hbond substituents is 2. The normalized spacial score (nSPS) is 12.8. The minimum atomic E-state index is -0.188. The number of hydrogen-bond acceptors (Lipinski definition) is 5. The Kier molecular flexibility index (Phi) is 7.21. The quantitative estimate of drug-likeness (QED) is 0.121. The van der Waals surface area contributed by atoms with E-state index >= 15 is 0 Å². The van der Waals surface area contributed by atoms with Crippen molar-refractivity contribution >= 4 is 45.3 Å². The second-order valence-electron chi connectivity index (χ2n) is 15.3. The van der Waals surface area contributed by atoms with Gasteiger partial charge in [0.15, 0.2) is 0 Å². The van der Waals surface area contributed by atoms with Crippen molar-refractivity contribution in [3.63, 3.8) is 0 Å². The molecule has 0 atom stereocenters. The van der Waals surface area contributed by atoms with Crippen molar-refractivity contribution in [3.05, 3.63) is 83.9 Å². The third-order valence-corrected chi connectivity index (χ3v) is 9.46. The number of hydrogen-bond donors (Lipinski definition) is 4. The number of aromatic nitrogens is 6. The fourth-order valence-corrected chi connectivity index (χ4v) is 6.43. The molecule has 0 unspecified atom stereocenters. The fraction of sp³-hybridized carbons (Fsp3) is 0.316. The number of carbonyl (C=O) groups is 2. The van der Waals surface area contributed by atoms with Crippen LogP contribution >= 0.6 is 0 Å². The van der Waals surface area contributed by atoms with Gasteiger partial charge in [-0.05, 0) is 82.6 Å². The Morgan fingerprint density at radius 3 is 1.35 bits per heavy atom. The van der Waals surface area contributed by atoms with Crippen LogP contribution in [0.3, 0.4) is 0 Å². The lowest BCUT2D eigenvalue weighted by molar-refractivity contribution is -0.117. The molecule has 8 rings (SSSR count). The van der Waals surface area contributed by atoms with Crippen molar-refractivity contribution in [1.29, 1.82) is 0 Å². The molecule has 0 spiro atoms. The van der Waals surface area contributed by atoms with E-state index in [1.807, 2.05) is 88.8 Å². The van der Waals surface area contributed by atoms with Crippen molar-refractivity contribution in [1.82, 2.24) is 28.1 Å². The Hall–Kier alpha value is -5.82. The van der Waals surface area contributed by atoms with Gasteiger partial charge in [-0.2, -0.15) is 0 Å². The predicted octanol–water partition coefficient (Wildman–Crippen LogP) is 6.53. The zero-order valence-electron chi connectivity index (χ0n) is 29.6. The summed E-state index contributed by atoms with van der Waals surface area (Å²) < 4.78 is 13.4. The van der Waals surface area contributed by atoms with Gasteiger partial charge in [0.2, 0.25) is 11.8 Å². The number of aromatic hydroxyl groups is 2. The summed E-state index contributed by atoms with van der Waals surface area (Å²) in [6, 6.07) is 22.7. The summed E-state index contributed by atoms with van der Waals surface area (Å²) in [5.41, 5.74) is 8.68. The first kappa shape index (κ1) is 32.4. The number of rotatable bonds is 10. The largest absolute Gasteiger partial charge is 0.506 e. The minimum Gasteiger partial charge on any atom is -0.506 e. The number of anilines is 2. The molecular weight excluding hydrogens is 648 g/mol.